The van der Waals surface area contributed by atoms with Gasteiger partial charge in [-0.1, -0.05) is 0 Å². The Morgan fingerprint density at radius 2 is 0.955 bits per heavy atom. The van der Waals surface area contributed by atoms with Gasteiger partial charge in [-0.25, -0.2) is 0 Å². The molecule has 0 saturated carbocycles. The molecule has 0 fully saturated rings. The van der Waals surface area contributed by atoms with Gasteiger partial charge in [-0.2, -0.15) is 0 Å². The zero-order chi connectivity index (χ0) is 31.2. The van der Waals surface area contributed by atoms with Gasteiger partial charge in [0.15, 0.2) is 0 Å². The molecule has 0 bridgehead atoms. The van der Waals surface area contributed by atoms with Crippen molar-refractivity contribution in [1.29, 1.82) is 0 Å². The predicted molar refractivity (Wildman–Crippen MR) is 195 cm³/mol. The molecule has 0 aromatic heterocycles. The molecular weight excluding hydrogens is 671 g/mol. The Hall–Kier alpha value is -1.96. The van der Waals surface area contributed by atoms with Crippen LogP contribution in [0.25, 0.3) is 34.4 Å². The average molecular weight is 716 g/mol. The summed E-state index contributed by atoms with van der Waals surface area (Å²) in [5.74, 6) is -0.589. The van der Waals surface area contributed by atoms with Crippen LogP contribution >= 0.6 is 17.0 Å². The van der Waals surface area contributed by atoms with E-state index >= 15 is 0 Å². The van der Waals surface area contributed by atoms with E-state index in [0.29, 0.717) is 11.8 Å². The molecule has 0 radical (unpaired) electrons. The van der Waals surface area contributed by atoms with Crippen LogP contribution in [0.1, 0.15) is 70.0 Å². The molecule has 227 valence electrons. The molecule has 0 nitrogen and oxygen atoms in total. The molecule has 0 aliphatic heterocycles. The third kappa shape index (κ3) is 5.43. The topological polar surface area (TPSA) is 0 Å². The summed E-state index contributed by atoms with van der Waals surface area (Å²) in [5, 5.41) is 0. The Labute approximate surface area is 274 Å². The fraction of sp³-hybridized carbons (Fsp3) is 0.300. The first kappa shape index (κ1) is 32.0. The normalized spacial score (nSPS) is 18.7. The molecule has 4 heteroatoms. The van der Waals surface area contributed by atoms with E-state index in [2.05, 4.69) is 150 Å². The van der Waals surface area contributed by atoms with E-state index in [4.69, 9.17) is 17.0 Å². The summed E-state index contributed by atoms with van der Waals surface area (Å²) in [6.45, 7) is 14.3. The zero-order valence-corrected chi connectivity index (χ0v) is 32.1. The fourth-order valence-electron chi connectivity index (χ4n) is 8.10. The van der Waals surface area contributed by atoms with Crippen molar-refractivity contribution >= 4 is 35.1 Å². The van der Waals surface area contributed by atoms with Crippen LogP contribution in [-0.4, -0.2) is 5.92 Å². The molecule has 4 aromatic rings. The third-order valence-electron chi connectivity index (χ3n) is 9.97. The summed E-state index contributed by atoms with van der Waals surface area (Å²) in [6, 6.07) is 35.4. The number of allylic oxidation sites excluding steroid dienone is 2. The second-order valence-corrected chi connectivity index (χ2v) is 56.7. The van der Waals surface area contributed by atoms with Crippen LogP contribution in [0, 0.1) is 11.8 Å². The van der Waals surface area contributed by atoms with Gasteiger partial charge in [0.05, 0.1) is 0 Å². The number of halogens is 2. The summed E-state index contributed by atoms with van der Waals surface area (Å²) < 4.78 is 0.221. The van der Waals surface area contributed by atoms with Crippen molar-refractivity contribution in [1.82, 2.24) is 0 Å². The zero-order valence-electron chi connectivity index (χ0n) is 26.9. The monoisotopic (exact) mass is 713 g/mol. The molecular formula is C40H45Cl2SiZr. The van der Waals surface area contributed by atoms with Crippen molar-refractivity contribution in [3.63, 3.8) is 0 Å². The predicted octanol–water partition coefficient (Wildman–Crippen LogP) is 12.7. The van der Waals surface area contributed by atoms with Gasteiger partial charge in [-0.05, 0) is 0 Å². The van der Waals surface area contributed by atoms with Crippen molar-refractivity contribution in [3.05, 3.63) is 130 Å². The van der Waals surface area contributed by atoms with Gasteiger partial charge in [-0.15, -0.1) is 0 Å². The van der Waals surface area contributed by atoms with E-state index in [9.17, 15) is 0 Å². The van der Waals surface area contributed by atoms with Crippen molar-refractivity contribution in [2.75, 3.05) is 0 Å². The quantitative estimate of drug-likeness (QED) is 0.151. The summed E-state index contributed by atoms with van der Waals surface area (Å²) in [6.07, 6.45) is 7.04. The first-order valence-corrected chi connectivity index (χ1v) is 32.7. The van der Waals surface area contributed by atoms with Gasteiger partial charge >= 0.3 is 276 Å². The number of hydrogen-bond acceptors (Lipinski definition) is 0. The van der Waals surface area contributed by atoms with Gasteiger partial charge in [0.2, 0.25) is 0 Å². The third-order valence-corrected chi connectivity index (χ3v) is 61.8. The second-order valence-electron chi connectivity index (χ2n) is 14.2. The molecule has 44 heavy (non-hydrogen) atoms. The standard InChI is InChI=1S/2C19H19.C2H7Si.2ClH.Zr/c2*1-14(2)11-15-12-17-9-6-10-18(19(17)13-15)16-7-4-3-5-8-16;1-3-2;;;/h2*3-10,12-14H,11H2,1-2H3;3H,1-2H3;2*1H;/q;;;;;+2/p-2. The molecule has 0 saturated heterocycles. The Kier molecular flexibility index (Phi) is 8.97. The van der Waals surface area contributed by atoms with Gasteiger partial charge < -0.3 is 0 Å². The molecule has 2 atom stereocenters. The first-order valence-electron chi connectivity index (χ1n) is 16.4. The number of fused-ring (bicyclic) bond motifs is 2. The molecule has 6 rings (SSSR count). The van der Waals surface area contributed by atoms with E-state index in [0.717, 1.165) is 12.8 Å². The fourth-order valence-corrected chi connectivity index (χ4v) is 39.5. The summed E-state index contributed by atoms with van der Waals surface area (Å²) >= 11 is -4.83. The maximum atomic E-state index is 8.71. The number of hydrogen-bond donors (Lipinski definition) is 0. The summed E-state index contributed by atoms with van der Waals surface area (Å²) in [4.78, 5) is 0. The van der Waals surface area contributed by atoms with Crippen molar-refractivity contribution in [3.8, 4) is 22.3 Å². The van der Waals surface area contributed by atoms with Crippen LogP contribution < -0.4 is 0 Å². The van der Waals surface area contributed by atoms with E-state index < -0.39 is 21.5 Å². The van der Waals surface area contributed by atoms with Crippen LogP contribution in [-0.2, 0) is 15.6 Å². The van der Waals surface area contributed by atoms with E-state index in [1.54, 1.807) is 0 Å². The number of rotatable bonds is 9. The summed E-state index contributed by atoms with van der Waals surface area (Å²) in [5.41, 5.74) is 13.4. The molecule has 2 aliphatic carbocycles. The molecule has 0 N–H and O–H groups in total. The minimum atomic E-state index is -4.83. The average Bonchev–Trinajstić information content (AvgIpc) is 3.56. The number of benzene rings is 4. The van der Waals surface area contributed by atoms with Crippen molar-refractivity contribution in [2.45, 2.75) is 60.9 Å². The van der Waals surface area contributed by atoms with E-state index in [-0.39, 0.29) is 7.25 Å². The minimum absolute atomic E-state index is 0.111. The second kappa shape index (κ2) is 12.3. The van der Waals surface area contributed by atoms with Gasteiger partial charge in [0.1, 0.15) is 0 Å². The maximum absolute atomic E-state index is 8.71. The van der Waals surface area contributed by atoms with Crippen LogP contribution in [0.5, 0.6) is 0 Å². The van der Waals surface area contributed by atoms with Crippen molar-refractivity contribution < 1.29 is 15.6 Å². The Morgan fingerprint density at radius 3 is 1.30 bits per heavy atom. The Bertz CT molecular complexity index is 1610. The molecule has 4 aromatic carbocycles. The summed E-state index contributed by atoms with van der Waals surface area (Å²) in [7, 11) is 17.4. The molecule has 0 heterocycles. The van der Waals surface area contributed by atoms with E-state index in [1.807, 2.05) is 0 Å². The van der Waals surface area contributed by atoms with Crippen LogP contribution in [0.2, 0.25) is 13.1 Å². The first-order chi connectivity index (χ1) is 21.0. The van der Waals surface area contributed by atoms with Crippen LogP contribution in [0.3, 0.4) is 0 Å². The molecule has 0 amide bonds. The van der Waals surface area contributed by atoms with Gasteiger partial charge in [0, 0.05) is 0 Å². The van der Waals surface area contributed by atoms with Gasteiger partial charge in [0.25, 0.3) is 0 Å². The SMILES string of the molecule is CC(C)CC1=Cc2c(-c3ccccc3)cccc2[CH]1[Zr]([Cl])([Cl])([CH]1C(CC(C)C)=Cc2c(-c3ccccc3)cccc21)[SiH](C)C. The van der Waals surface area contributed by atoms with Crippen molar-refractivity contribution in [2.24, 2.45) is 11.8 Å². The van der Waals surface area contributed by atoms with Crippen LogP contribution in [0.15, 0.2) is 108 Å². The molecule has 2 unspecified atom stereocenters. The Morgan fingerprint density at radius 1 is 0.568 bits per heavy atom. The molecule has 2 aliphatic rings. The van der Waals surface area contributed by atoms with E-state index in [1.165, 1.54) is 55.7 Å². The Balaban J connectivity index is 1.62. The van der Waals surface area contributed by atoms with Gasteiger partial charge in [-0.3, -0.25) is 0 Å². The molecule has 0 spiro atoms. The van der Waals surface area contributed by atoms with Crippen LogP contribution in [0.4, 0.5) is 0 Å².